The highest BCUT2D eigenvalue weighted by Gasteiger charge is 2.26. The highest BCUT2D eigenvalue weighted by Crippen LogP contribution is 2.43. The van der Waals surface area contributed by atoms with Gasteiger partial charge in [-0.25, -0.2) is 0 Å². The summed E-state index contributed by atoms with van der Waals surface area (Å²) in [5, 5.41) is 10.6. The predicted molar refractivity (Wildman–Crippen MR) is 107 cm³/mol. The van der Waals surface area contributed by atoms with Gasteiger partial charge in [-0.1, -0.05) is 12.1 Å². The van der Waals surface area contributed by atoms with Crippen molar-refractivity contribution in [3.05, 3.63) is 72.1 Å². The lowest BCUT2D eigenvalue weighted by Gasteiger charge is -2.21. The Morgan fingerprint density at radius 1 is 1.11 bits per heavy atom. The lowest BCUT2D eigenvalue weighted by atomic mass is 9.87. The number of rotatable bonds is 5. The molecule has 6 nitrogen and oxygen atoms in total. The highest BCUT2D eigenvalue weighted by molar-refractivity contribution is 5.80. The molecule has 1 unspecified atom stereocenters. The van der Waals surface area contributed by atoms with Gasteiger partial charge in [0, 0.05) is 56.1 Å². The number of fused-ring (bicyclic) bond motifs is 1. The Kier molecular flexibility index (Phi) is 4.69. The lowest BCUT2D eigenvalue weighted by molar-refractivity contribution is 0.0897. The number of ether oxygens (including phenoxy) is 2. The van der Waals surface area contributed by atoms with Crippen LogP contribution in [0, 0.1) is 0 Å². The molecule has 0 amide bonds. The molecular formula is C22H22N2O4. The Hall–Kier alpha value is -3.41. The van der Waals surface area contributed by atoms with E-state index in [1.54, 1.807) is 29.1 Å². The van der Waals surface area contributed by atoms with Crippen LogP contribution in [-0.4, -0.2) is 36.5 Å². The van der Waals surface area contributed by atoms with Gasteiger partial charge in [0.1, 0.15) is 5.75 Å². The van der Waals surface area contributed by atoms with E-state index >= 15 is 0 Å². The first-order chi connectivity index (χ1) is 13.5. The SMILES string of the molecule is CN(C)c1ccc(C(CC(=O)n2cccc2)c2cc3c(cc2O)OCO3)cc1. The van der Waals surface area contributed by atoms with Gasteiger partial charge in [-0.2, -0.15) is 0 Å². The number of anilines is 1. The van der Waals surface area contributed by atoms with Gasteiger partial charge in [-0.15, -0.1) is 0 Å². The van der Waals surface area contributed by atoms with Crippen LogP contribution in [0.5, 0.6) is 17.2 Å². The summed E-state index contributed by atoms with van der Waals surface area (Å²) in [5.41, 5.74) is 2.65. The summed E-state index contributed by atoms with van der Waals surface area (Å²) in [5.74, 6) is 0.812. The summed E-state index contributed by atoms with van der Waals surface area (Å²) in [6.45, 7) is 0.128. The summed E-state index contributed by atoms with van der Waals surface area (Å²) in [6, 6.07) is 15.0. The van der Waals surface area contributed by atoms with Crippen LogP contribution >= 0.6 is 0 Å². The first kappa shape index (κ1) is 18.0. The van der Waals surface area contributed by atoms with E-state index in [1.165, 1.54) is 0 Å². The Bertz CT molecular complexity index is 979. The number of nitrogens with zero attached hydrogens (tertiary/aromatic N) is 2. The van der Waals surface area contributed by atoms with Crippen molar-refractivity contribution in [3.8, 4) is 17.2 Å². The average Bonchev–Trinajstić information content (AvgIpc) is 3.37. The summed E-state index contributed by atoms with van der Waals surface area (Å²) >= 11 is 0. The zero-order valence-electron chi connectivity index (χ0n) is 15.8. The number of carbonyl (C=O) groups is 1. The van der Waals surface area contributed by atoms with Crippen molar-refractivity contribution < 1.29 is 19.4 Å². The van der Waals surface area contributed by atoms with Gasteiger partial charge >= 0.3 is 0 Å². The van der Waals surface area contributed by atoms with E-state index in [9.17, 15) is 9.90 Å². The lowest BCUT2D eigenvalue weighted by Crippen LogP contribution is -2.15. The molecule has 0 saturated carbocycles. The number of hydrogen-bond acceptors (Lipinski definition) is 5. The number of carbonyl (C=O) groups excluding carboxylic acids is 1. The minimum atomic E-state index is -0.319. The Labute approximate surface area is 163 Å². The quantitative estimate of drug-likeness (QED) is 0.731. The Balaban J connectivity index is 1.74. The molecule has 4 rings (SSSR count). The molecule has 0 bridgehead atoms. The maximum Gasteiger partial charge on any atom is 0.231 e. The molecule has 2 aromatic carbocycles. The van der Waals surface area contributed by atoms with E-state index < -0.39 is 0 Å². The second kappa shape index (κ2) is 7.31. The van der Waals surface area contributed by atoms with Crippen molar-refractivity contribution in [2.45, 2.75) is 12.3 Å². The second-order valence-corrected chi connectivity index (χ2v) is 6.99. The summed E-state index contributed by atoms with van der Waals surface area (Å²) in [4.78, 5) is 14.8. The van der Waals surface area contributed by atoms with Crippen LogP contribution in [0.4, 0.5) is 5.69 Å². The first-order valence-corrected chi connectivity index (χ1v) is 9.09. The average molecular weight is 378 g/mol. The molecule has 1 aromatic heterocycles. The van der Waals surface area contributed by atoms with Gasteiger partial charge in [0.05, 0.1) is 0 Å². The zero-order chi connectivity index (χ0) is 19.7. The third-order valence-corrected chi connectivity index (χ3v) is 4.98. The van der Waals surface area contributed by atoms with Crippen LogP contribution in [0.3, 0.4) is 0 Å². The predicted octanol–water partition coefficient (Wildman–Crippen LogP) is 3.85. The van der Waals surface area contributed by atoms with E-state index in [1.807, 2.05) is 55.4 Å². The molecule has 28 heavy (non-hydrogen) atoms. The summed E-state index contributed by atoms with van der Waals surface area (Å²) in [7, 11) is 3.96. The van der Waals surface area contributed by atoms with Gasteiger partial charge in [-0.3, -0.25) is 9.36 Å². The molecule has 1 N–H and O–H groups in total. The largest absolute Gasteiger partial charge is 0.508 e. The molecular weight excluding hydrogens is 356 g/mol. The van der Waals surface area contributed by atoms with Crippen LogP contribution in [0.15, 0.2) is 60.9 Å². The van der Waals surface area contributed by atoms with Crippen LogP contribution in [0.1, 0.15) is 28.3 Å². The van der Waals surface area contributed by atoms with Gasteiger partial charge in [0.15, 0.2) is 11.5 Å². The fourth-order valence-corrected chi connectivity index (χ4v) is 3.42. The molecule has 6 heteroatoms. The fourth-order valence-electron chi connectivity index (χ4n) is 3.42. The van der Waals surface area contributed by atoms with Crippen molar-refractivity contribution in [2.24, 2.45) is 0 Å². The first-order valence-electron chi connectivity index (χ1n) is 9.09. The number of phenolic OH excluding ortho intramolecular Hbond substituents is 1. The minimum Gasteiger partial charge on any atom is -0.508 e. The molecule has 0 fully saturated rings. The van der Waals surface area contributed by atoms with Crippen LogP contribution in [0.2, 0.25) is 0 Å². The van der Waals surface area contributed by atoms with Crippen LogP contribution in [0.25, 0.3) is 0 Å². The minimum absolute atomic E-state index is 0.0521. The van der Waals surface area contributed by atoms with Crippen LogP contribution in [-0.2, 0) is 0 Å². The molecule has 1 aliphatic heterocycles. The highest BCUT2D eigenvalue weighted by atomic mass is 16.7. The summed E-state index contributed by atoms with van der Waals surface area (Å²) < 4.78 is 12.4. The molecule has 144 valence electrons. The van der Waals surface area contributed by atoms with E-state index in [-0.39, 0.29) is 30.8 Å². The normalized spacial score (nSPS) is 13.4. The molecule has 1 atom stereocenters. The zero-order valence-corrected chi connectivity index (χ0v) is 15.8. The molecule has 2 heterocycles. The van der Waals surface area contributed by atoms with Crippen molar-refractivity contribution >= 4 is 11.6 Å². The van der Waals surface area contributed by atoms with E-state index in [2.05, 4.69) is 0 Å². The number of aromatic nitrogens is 1. The molecule has 0 spiro atoms. The summed E-state index contributed by atoms with van der Waals surface area (Å²) in [6.07, 6.45) is 3.67. The monoisotopic (exact) mass is 378 g/mol. The third-order valence-electron chi connectivity index (χ3n) is 4.98. The number of benzene rings is 2. The maximum absolute atomic E-state index is 12.8. The van der Waals surface area contributed by atoms with Gasteiger partial charge in [0.2, 0.25) is 12.7 Å². The van der Waals surface area contributed by atoms with Crippen LogP contribution < -0.4 is 14.4 Å². The Morgan fingerprint density at radius 2 is 1.75 bits per heavy atom. The Morgan fingerprint density at radius 3 is 2.39 bits per heavy atom. The van der Waals surface area contributed by atoms with Gasteiger partial charge < -0.3 is 19.5 Å². The molecule has 0 radical (unpaired) electrons. The van der Waals surface area contributed by atoms with Crippen molar-refractivity contribution in [1.29, 1.82) is 0 Å². The second-order valence-electron chi connectivity index (χ2n) is 6.99. The van der Waals surface area contributed by atoms with E-state index in [0.717, 1.165) is 11.3 Å². The van der Waals surface area contributed by atoms with Crippen molar-refractivity contribution in [3.63, 3.8) is 0 Å². The van der Waals surface area contributed by atoms with Gasteiger partial charge in [0.25, 0.3) is 0 Å². The third kappa shape index (κ3) is 3.41. The number of phenols is 1. The fraction of sp³-hybridized carbons (Fsp3) is 0.227. The molecule has 1 aliphatic rings. The molecule has 3 aromatic rings. The maximum atomic E-state index is 12.8. The topological polar surface area (TPSA) is 63.9 Å². The number of hydrogen-bond donors (Lipinski definition) is 1. The smallest absolute Gasteiger partial charge is 0.231 e. The van der Waals surface area contributed by atoms with Gasteiger partial charge in [-0.05, 0) is 35.9 Å². The standard InChI is InChI=1S/C22H22N2O4/c1-23(2)16-7-5-15(6-8-16)17(12-22(26)24-9-3-4-10-24)18-11-20-21(13-19(18)25)28-14-27-20/h3-11,13,17,25H,12,14H2,1-2H3. The van der Waals surface area contributed by atoms with E-state index in [0.29, 0.717) is 17.1 Å². The van der Waals surface area contributed by atoms with E-state index in [4.69, 9.17) is 9.47 Å². The number of aromatic hydroxyl groups is 1. The molecule has 0 saturated heterocycles. The van der Waals surface area contributed by atoms with Crippen molar-refractivity contribution in [1.82, 2.24) is 4.57 Å². The molecule has 0 aliphatic carbocycles. The van der Waals surface area contributed by atoms with Crippen molar-refractivity contribution in [2.75, 3.05) is 25.8 Å².